The standard InChI is InChI=1S/C13H11IOS/c1-2-11-7-8-12(16-11)13(15)9-3-5-10(14)6-4-9/h3-8H,2H2,1H3. The van der Waals surface area contributed by atoms with Crippen molar-refractivity contribution in [2.24, 2.45) is 0 Å². The predicted molar refractivity (Wildman–Crippen MR) is 76.3 cm³/mol. The molecule has 3 heteroatoms. The molecule has 0 bridgehead atoms. The number of benzene rings is 1. The van der Waals surface area contributed by atoms with Crippen molar-refractivity contribution in [3.63, 3.8) is 0 Å². The second-order valence-electron chi connectivity index (χ2n) is 3.46. The first-order valence-electron chi connectivity index (χ1n) is 5.09. The number of hydrogen-bond donors (Lipinski definition) is 0. The molecule has 0 fully saturated rings. The molecule has 0 spiro atoms. The Morgan fingerprint density at radius 2 is 1.88 bits per heavy atom. The van der Waals surface area contributed by atoms with E-state index in [4.69, 9.17) is 0 Å². The quantitative estimate of drug-likeness (QED) is 0.605. The summed E-state index contributed by atoms with van der Waals surface area (Å²) < 4.78 is 1.15. The molecular weight excluding hydrogens is 331 g/mol. The number of hydrogen-bond acceptors (Lipinski definition) is 2. The maximum absolute atomic E-state index is 12.1. The summed E-state index contributed by atoms with van der Waals surface area (Å²) in [5.41, 5.74) is 0.768. The van der Waals surface area contributed by atoms with Gasteiger partial charge in [0, 0.05) is 14.0 Å². The van der Waals surface area contributed by atoms with E-state index in [0.717, 1.165) is 20.4 Å². The molecule has 1 nitrogen and oxygen atoms in total. The van der Waals surface area contributed by atoms with Crippen molar-refractivity contribution in [2.75, 3.05) is 0 Å². The second-order valence-corrected chi connectivity index (χ2v) is 5.87. The molecule has 2 aromatic rings. The highest BCUT2D eigenvalue weighted by Gasteiger charge is 2.10. The summed E-state index contributed by atoms with van der Waals surface area (Å²) in [6.07, 6.45) is 0.991. The molecule has 0 aliphatic carbocycles. The van der Waals surface area contributed by atoms with Crippen LogP contribution in [0, 0.1) is 3.57 Å². The van der Waals surface area contributed by atoms with Gasteiger partial charge in [0.05, 0.1) is 4.88 Å². The van der Waals surface area contributed by atoms with E-state index in [1.165, 1.54) is 4.88 Å². The summed E-state index contributed by atoms with van der Waals surface area (Å²) in [6, 6.07) is 11.6. The van der Waals surface area contributed by atoms with Crippen molar-refractivity contribution in [1.82, 2.24) is 0 Å². The molecule has 0 N–H and O–H groups in total. The molecule has 0 saturated heterocycles. The third kappa shape index (κ3) is 2.52. The summed E-state index contributed by atoms with van der Waals surface area (Å²) in [4.78, 5) is 14.2. The van der Waals surface area contributed by atoms with Crippen molar-refractivity contribution in [3.05, 3.63) is 55.3 Å². The summed E-state index contributed by atoms with van der Waals surface area (Å²) in [7, 11) is 0. The van der Waals surface area contributed by atoms with E-state index in [1.54, 1.807) is 11.3 Å². The van der Waals surface area contributed by atoms with Gasteiger partial charge in [-0.25, -0.2) is 0 Å². The van der Waals surface area contributed by atoms with Gasteiger partial charge in [-0.1, -0.05) is 6.92 Å². The van der Waals surface area contributed by atoms with Gasteiger partial charge < -0.3 is 0 Å². The Kier molecular flexibility index (Phi) is 3.76. The smallest absolute Gasteiger partial charge is 0.202 e. The Morgan fingerprint density at radius 1 is 1.19 bits per heavy atom. The first-order valence-corrected chi connectivity index (χ1v) is 6.99. The first kappa shape index (κ1) is 11.8. The van der Waals surface area contributed by atoms with Crippen molar-refractivity contribution in [3.8, 4) is 0 Å². The van der Waals surface area contributed by atoms with Crippen LogP contribution in [0.4, 0.5) is 0 Å². The number of carbonyl (C=O) groups is 1. The van der Waals surface area contributed by atoms with E-state index in [1.807, 2.05) is 36.4 Å². The maximum atomic E-state index is 12.1. The topological polar surface area (TPSA) is 17.1 Å². The molecule has 0 unspecified atom stereocenters. The Labute approximate surface area is 113 Å². The molecule has 82 valence electrons. The fourth-order valence-electron chi connectivity index (χ4n) is 1.43. The number of halogens is 1. The highest BCUT2D eigenvalue weighted by molar-refractivity contribution is 14.1. The van der Waals surface area contributed by atoms with E-state index in [-0.39, 0.29) is 5.78 Å². The van der Waals surface area contributed by atoms with Gasteiger partial charge in [0.15, 0.2) is 0 Å². The van der Waals surface area contributed by atoms with Crippen molar-refractivity contribution >= 4 is 39.7 Å². The minimum atomic E-state index is 0.126. The molecule has 0 atom stereocenters. The zero-order valence-corrected chi connectivity index (χ0v) is 11.8. The molecule has 0 aliphatic heterocycles. The van der Waals surface area contributed by atoms with Gasteiger partial charge in [0.25, 0.3) is 0 Å². The second kappa shape index (κ2) is 5.10. The van der Waals surface area contributed by atoms with Crippen molar-refractivity contribution in [1.29, 1.82) is 0 Å². The van der Waals surface area contributed by atoms with Crippen LogP contribution < -0.4 is 0 Å². The third-order valence-electron chi connectivity index (χ3n) is 2.34. The minimum absolute atomic E-state index is 0.126. The third-order valence-corrected chi connectivity index (χ3v) is 4.29. The van der Waals surface area contributed by atoms with Crippen LogP contribution in [0.25, 0.3) is 0 Å². The lowest BCUT2D eigenvalue weighted by Gasteiger charge is -1.97. The van der Waals surface area contributed by atoms with Crippen LogP contribution in [0.1, 0.15) is 27.0 Å². The van der Waals surface area contributed by atoms with Crippen LogP contribution in [0.15, 0.2) is 36.4 Å². The van der Waals surface area contributed by atoms with Crippen LogP contribution in [0.3, 0.4) is 0 Å². The van der Waals surface area contributed by atoms with E-state index in [9.17, 15) is 4.79 Å². The largest absolute Gasteiger partial charge is 0.288 e. The number of thiophene rings is 1. The molecule has 0 amide bonds. The zero-order chi connectivity index (χ0) is 11.5. The molecule has 0 saturated carbocycles. The first-order chi connectivity index (χ1) is 7.70. The average molecular weight is 342 g/mol. The maximum Gasteiger partial charge on any atom is 0.202 e. The molecular formula is C13H11IOS. The van der Waals surface area contributed by atoms with Gasteiger partial charge >= 0.3 is 0 Å². The minimum Gasteiger partial charge on any atom is -0.288 e. The molecule has 2 rings (SSSR count). The summed E-state index contributed by atoms with van der Waals surface area (Å²) in [5.74, 6) is 0.126. The molecule has 0 aliphatic rings. The molecule has 0 radical (unpaired) electrons. The Morgan fingerprint density at radius 3 is 2.44 bits per heavy atom. The van der Waals surface area contributed by atoms with Gasteiger partial charge in [0.1, 0.15) is 0 Å². The zero-order valence-electron chi connectivity index (χ0n) is 8.87. The lowest BCUT2D eigenvalue weighted by atomic mass is 10.1. The van der Waals surface area contributed by atoms with Gasteiger partial charge in [0.2, 0.25) is 5.78 Å². The molecule has 1 aromatic carbocycles. The van der Waals surface area contributed by atoms with Crippen LogP contribution in [0.5, 0.6) is 0 Å². The number of carbonyl (C=O) groups excluding carboxylic acids is 1. The Bertz CT molecular complexity index is 499. The van der Waals surface area contributed by atoms with Crippen LogP contribution in [-0.2, 0) is 6.42 Å². The van der Waals surface area contributed by atoms with Gasteiger partial charge in [-0.05, 0) is 65.4 Å². The number of rotatable bonds is 3. The lowest BCUT2D eigenvalue weighted by Crippen LogP contribution is -1.97. The van der Waals surface area contributed by atoms with Crippen LogP contribution in [-0.4, -0.2) is 5.78 Å². The number of aryl methyl sites for hydroxylation is 1. The lowest BCUT2D eigenvalue weighted by molar-refractivity contribution is 0.104. The van der Waals surface area contributed by atoms with E-state index in [2.05, 4.69) is 29.5 Å². The predicted octanol–water partition coefficient (Wildman–Crippen LogP) is 4.15. The van der Waals surface area contributed by atoms with E-state index in [0.29, 0.717) is 0 Å². The summed E-state index contributed by atoms with van der Waals surface area (Å²) >= 11 is 3.82. The van der Waals surface area contributed by atoms with Gasteiger partial charge in [-0.3, -0.25) is 4.79 Å². The van der Waals surface area contributed by atoms with E-state index >= 15 is 0 Å². The Hall–Kier alpha value is -0.680. The Balaban J connectivity index is 2.28. The molecule has 1 aromatic heterocycles. The molecule has 1 heterocycles. The average Bonchev–Trinajstić information content (AvgIpc) is 2.77. The van der Waals surface area contributed by atoms with Crippen LogP contribution in [0.2, 0.25) is 0 Å². The molecule has 16 heavy (non-hydrogen) atoms. The van der Waals surface area contributed by atoms with Gasteiger partial charge in [-0.2, -0.15) is 0 Å². The van der Waals surface area contributed by atoms with Gasteiger partial charge in [-0.15, -0.1) is 11.3 Å². The van der Waals surface area contributed by atoms with Crippen molar-refractivity contribution < 1.29 is 4.79 Å². The fraction of sp³-hybridized carbons (Fsp3) is 0.154. The SMILES string of the molecule is CCc1ccc(C(=O)c2ccc(I)cc2)s1. The monoisotopic (exact) mass is 342 g/mol. The summed E-state index contributed by atoms with van der Waals surface area (Å²) in [5, 5.41) is 0. The highest BCUT2D eigenvalue weighted by atomic mass is 127. The number of ketones is 1. The highest BCUT2D eigenvalue weighted by Crippen LogP contribution is 2.20. The summed E-state index contributed by atoms with van der Waals surface area (Å²) in [6.45, 7) is 2.10. The fourth-order valence-corrected chi connectivity index (χ4v) is 2.70. The van der Waals surface area contributed by atoms with Crippen LogP contribution >= 0.6 is 33.9 Å². The van der Waals surface area contributed by atoms with Crippen molar-refractivity contribution in [2.45, 2.75) is 13.3 Å². The van der Waals surface area contributed by atoms with E-state index < -0.39 is 0 Å². The normalized spacial score (nSPS) is 10.4.